The lowest BCUT2D eigenvalue weighted by molar-refractivity contribution is 0.194. The van der Waals surface area contributed by atoms with Gasteiger partial charge in [0.2, 0.25) is 0 Å². The smallest absolute Gasteiger partial charge is 0.426 e. The molecule has 1 aromatic heterocycles. The number of hydrogen-bond acceptors (Lipinski definition) is 2. The fourth-order valence-corrected chi connectivity index (χ4v) is 0.917. The molecule has 1 N–H and O–H groups in total. The second kappa shape index (κ2) is 3.75. The van der Waals surface area contributed by atoms with Crippen LogP contribution in [0.4, 0.5) is 4.79 Å². The van der Waals surface area contributed by atoms with E-state index in [0.29, 0.717) is 6.54 Å². The molecule has 0 spiro atoms. The van der Waals surface area contributed by atoms with E-state index in [2.05, 4.69) is 4.98 Å². The predicted molar refractivity (Wildman–Crippen MR) is 43.6 cm³/mol. The molecular formula is C7H11N3O2. The van der Waals surface area contributed by atoms with Gasteiger partial charge in [0.05, 0.1) is 0 Å². The number of amides is 1. The average molecular weight is 169 g/mol. The zero-order chi connectivity index (χ0) is 8.97. The number of hydrogen-bond donors (Lipinski definition) is 1. The lowest BCUT2D eigenvalue weighted by atomic mass is 10.5. The van der Waals surface area contributed by atoms with Crippen LogP contribution in [0.3, 0.4) is 0 Å². The van der Waals surface area contributed by atoms with Gasteiger partial charge in [-0.1, -0.05) is 6.92 Å². The molecule has 0 aromatic carbocycles. The number of imidazole rings is 1. The number of carbonyl (C=O) groups is 1. The van der Waals surface area contributed by atoms with E-state index in [-0.39, 0.29) is 0 Å². The van der Waals surface area contributed by atoms with Gasteiger partial charge in [0.25, 0.3) is 0 Å². The Balaban J connectivity index is 2.73. The first kappa shape index (κ1) is 8.58. The van der Waals surface area contributed by atoms with Gasteiger partial charge in [-0.15, -0.1) is 0 Å². The van der Waals surface area contributed by atoms with Crippen LogP contribution in [-0.2, 0) is 0 Å². The highest BCUT2D eigenvalue weighted by atomic mass is 16.4. The Labute approximate surface area is 70.2 Å². The fraction of sp³-hybridized carbons (Fsp3) is 0.429. The van der Waals surface area contributed by atoms with E-state index in [1.54, 1.807) is 12.4 Å². The molecular weight excluding hydrogens is 158 g/mol. The van der Waals surface area contributed by atoms with Crippen LogP contribution in [-0.4, -0.2) is 27.4 Å². The highest BCUT2D eigenvalue weighted by molar-refractivity contribution is 5.76. The summed E-state index contributed by atoms with van der Waals surface area (Å²) in [5.74, 6) is 0. The molecule has 0 fully saturated rings. The van der Waals surface area contributed by atoms with E-state index in [1.165, 1.54) is 16.0 Å². The summed E-state index contributed by atoms with van der Waals surface area (Å²) in [6.07, 6.45) is 4.43. The van der Waals surface area contributed by atoms with Crippen molar-refractivity contribution in [2.45, 2.75) is 13.3 Å². The minimum atomic E-state index is -0.963. The predicted octanol–water partition coefficient (Wildman–Crippen LogP) is 0.909. The van der Waals surface area contributed by atoms with E-state index < -0.39 is 6.09 Å². The lowest BCUT2D eigenvalue weighted by Crippen LogP contribution is -2.39. The highest BCUT2D eigenvalue weighted by Crippen LogP contribution is 1.93. The van der Waals surface area contributed by atoms with Crippen molar-refractivity contribution in [3.63, 3.8) is 0 Å². The van der Waals surface area contributed by atoms with Crippen molar-refractivity contribution >= 4 is 6.09 Å². The molecule has 0 bridgehead atoms. The maximum atomic E-state index is 10.7. The zero-order valence-electron chi connectivity index (χ0n) is 6.84. The van der Waals surface area contributed by atoms with Gasteiger partial charge < -0.3 is 5.11 Å². The van der Waals surface area contributed by atoms with Gasteiger partial charge in [-0.2, -0.15) is 0 Å². The Bertz CT molecular complexity index is 245. The van der Waals surface area contributed by atoms with Crippen LogP contribution in [0.5, 0.6) is 0 Å². The van der Waals surface area contributed by atoms with Crippen LogP contribution < -0.4 is 5.01 Å². The molecule has 0 aliphatic carbocycles. The normalized spacial score (nSPS) is 9.75. The Morgan fingerprint density at radius 3 is 2.92 bits per heavy atom. The molecule has 5 heteroatoms. The first-order chi connectivity index (χ1) is 5.75. The molecule has 5 nitrogen and oxygen atoms in total. The average Bonchev–Trinajstić information content (AvgIpc) is 2.51. The van der Waals surface area contributed by atoms with Crippen molar-refractivity contribution in [3.05, 3.63) is 18.7 Å². The van der Waals surface area contributed by atoms with Crippen molar-refractivity contribution in [2.24, 2.45) is 0 Å². The van der Waals surface area contributed by atoms with Gasteiger partial charge in [0.1, 0.15) is 6.33 Å². The molecule has 1 rings (SSSR count). The van der Waals surface area contributed by atoms with Gasteiger partial charge in [-0.05, 0) is 6.42 Å². The summed E-state index contributed by atoms with van der Waals surface area (Å²) in [4.78, 5) is 14.4. The summed E-state index contributed by atoms with van der Waals surface area (Å²) in [7, 11) is 0. The maximum absolute atomic E-state index is 10.7. The SMILES string of the molecule is CCCN(C(=O)O)n1ccnc1. The Kier molecular flexibility index (Phi) is 2.68. The molecule has 0 unspecified atom stereocenters. The molecule has 0 saturated carbocycles. The summed E-state index contributed by atoms with van der Waals surface area (Å²) < 4.78 is 1.45. The summed E-state index contributed by atoms with van der Waals surface area (Å²) in [5, 5.41) is 9.95. The molecule has 0 atom stereocenters. The van der Waals surface area contributed by atoms with Crippen molar-refractivity contribution in [1.29, 1.82) is 0 Å². The van der Waals surface area contributed by atoms with Gasteiger partial charge in [-0.25, -0.2) is 19.5 Å². The second-order valence-electron chi connectivity index (χ2n) is 2.35. The molecule has 0 radical (unpaired) electrons. The third kappa shape index (κ3) is 1.75. The van der Waals surface area contributed by atoms with Crippen LogP contribution in [0.15, 0.2) is 18.7 Å². The lowest BCUT2D eigenvalue weighted by Gasteiger charge is -2.18. The summed E-state index contributed by atoms with van der Waals surface area (Å²) in [5.41, 5.74) is 0. The number of rotatable bonds is 3. The first-order valence-corrected chi connectivity index (χ1v) is 3.74. The quantitative estimate of drug-likeness (QED) is 0.731. The Morgan fingerprint density at radius 2 is 2.50 bits per heavy atom. The van der Waals surface area contributed by atoms with Crippen LogP contribution >= 0.6 is 0 Å². The molecule has 0 saturated heterocycles. The fourth-order valence-electron chi connectivity index (χ4n) is 0.917. The topological polar surface area (TPSA) is 58.4 Å². The van der Waals surface area contributed by atoms with E-state index in [9.17, 15) is 4.79 Å². The molecule has 0 aliphatic heterocycles. The number of aromatic nitrogens is 2. The minimum absolute atomic E-state index is 0.478. The van der Waals surface area contributed by atoms with Crippen molar-refractivity contribution in [2.75, 3.05) is 11.6 Å². The van der Waals surface area contributed by atoms with Gasteiger partial charge in [0, 0.05) is 18.9 Å². The van der Waals surface area contributed by atoms with E-state index in [0.717, 1.165) is 6.42 Å². The highest BCUT2D eigenvalue weighted by Gasteiger charge is 2.10. The molecule has 12 heavy (non-hydrogen) atoms. The Morgan fingerprint density at radius 1 is 1.75 bits per heavy atom. The third-order valence-corrected chi connectivity index (χ3v) is 1.43. The largest absolute Gasteiger partial charge is 0.464 e. The van der Waals surface area contributed by atoms with Crippen molar-refractivity contribution in [1.82, 2.24) is 9.66 Å². The molecule has 1 heterocycles. The monoisotopic (exact) mass is 169 g/mol. The van der Waals surface area contributed by atoms with Gasteiger partial charge >= 0.3 is 6.09 Å². The van der Waals surface area contributed by atoms with Crippen LogP contribution in [0, 0.1) is 0 Å². The molecule has 0 aliphatic rings. The number of nitrogens with zero attached hydrogens (tertiary/aromatic N) is 3. The summed E-state index contributed by atoms with van der Waals surface area (Å²) in [6, 6.07) is 0. The summed E-state index contributed by atoms with van der Waals surface area (Å²) in [6.45, 7) is 2.40. The van der Waals surface area contributed by atoms with Crippen LogP contribution in [0.25, 0.3) is 0 Å². The standard InChI is InChI=1S/C7H11N3O2/c1-2-4-10(7(11)12)9-5-3-8-6-9/h3,5-6H,2,4H2,1H3,(H,11,12). The van der Waals surface area contributed by atoms with E-state index in [4.69, 9.17) is 5.11 Å². The van der Waals surface area contributed by atoms with E-state index >= 15 is 0 Å². The van der Waals surface area contributed by atoms with Crippen LogP contribution in [0.2, 0.25) is 0 Å². The third-order valence-electron chi connectivity index (χ3n) is 1.43. The van der Waals surface area contributed by atoms with Crippen molar-refractivity contribution in [3.8, 4) is 0 Å². The molecule has 1 amide bonds. The van der Waals surface area contributed by atoms with Gasteiger partial charge in [0.15, 0.2) is 0 Å². The van der Waals surface area contributed by atoms with E-state index in [1.807, 2.05) is 6.92 Å². The van der Waals surface area contributed by atoms with Crippen molar-refractivity contribution < 1.29 is 9.90 Å². The second-order valence-corrected chi connectivity index (χ2v) is 2.35. The molecule has 1 aromatic rings. The van der Waals surface area contributed by atoms with Gasteiger partial charge in [-0.3, -0.25) is 0 Å². The summed E-state index contributed by atoms with van der Waals surface area (Å²) >= 11 is 0. The number of carboxylic acid groups (broad SMARTS) is 1. The van der Waals surface area contributed by atoms with Crippen LogP contribution in [0.1, 0.15) is 13.3 Å². The zero-order valence-corrected chi connectivity index (χ0v) is 6.84. The Hall–Kier alpha value is -1.52. The molecule has 66 valence electrons. The first-order valence-electron chi connectivity index (χ1n) is 3.74. The maximum Gasteiger partial charge on any atom is 0.426 e. The minimum Gasteiger partial charge on any atom is -0.464 e.